The van der Waals surface area contributed by atoms with E-state index in [9.17, 15) is 13.2 Å². The van der Waals surface area contributed by atoms with E-state index in [-0.39, 0.29) is 36.4 Å². The van der Waals surface area contributed by atoms with Crippen molar-refractivity contribution in [3.8, 4) is 0 Å². The first-order chi connectivity index (χ1) is 17.8. The molecule has 38 heavy (non-hydrogen) atoms. The second kappa shape index (κ2) is 11.0. The fourth-order valence-corrected chi connectivity index (χ4v) is 6.79. The van der Waals surface area contributed by atoms with Crippen molar-refractivity contribution in [2.24, 2.45) is 11.3 Å². The van der Waals surface area contributed by atoms with Gasteiger partial charge in [0.2, 0.25) is 15.9 Å². The number of hydrogen-bond acceptors (Lipinski definition) is 3. The second-order valence-corrected chi connectivity index (χ2v) is 15.4. The fourth-order valence-electron chi connectivity index (χ4n) is 5.64. The van der Waals surface area contributed by atoms with Crippen molar-refractivity contribution < 1.29 is 13.2 Å². The zero-order valence-electron chi connectivity index (χ0n) is 22.6. The summed E-state index contributed by atoms with van der Waals surface area (Å²) >= 11 is 12.7. The van der Waals surface area contributed by atoms with Crippen LogP contribution in [0.3, 0.4) is 0 Å². The van der Waals surface area contributed by atoms with Crippen LogP contribution in [0.2, 0.25) is 10.0 Å². The summed E-state index contributed by atoms with van der Waals surface area (Å²) in [5, 5.41) is 1.26. The summed E-state index contributed by atoms with van der Waals surface area (Å²) in [7, 11) is -3.59. The van der Waals surface area contributed by atoms with E-state index in [2.05, 4.69) is 17.4 Å². The molecule has 2 aliphatic rings. The number of carbonyl (C=O) groups is 1. The van der Waals surface area contributed by atoms with Crippen molar-refractivity contribution in [2.75, 3.05) is 6.54 Å². The van der Waals surface area contributed by atoms with Crippen molar-refractivity contribution in [1.82, 2.24) is 9.62 Å². The number of nitrogens with one attached hydrogen (secondary N) is 1. The smallest absolute Gasteiger partial charge is 0.229 e. The Balaban J connectivity index is 1.86. The number of amides is 1. The summed E-state index contributed by atoms with van der Waals surface area (Å²) in [6.45, 7) is 11.2. The Bertz CT molecular complexity index is 1290. The molecule has 0 aromatic heterocycles. The minimum absolute atomic E-state index is 0.0301. The van der Waals surface area contributed by atoms with E-state index in [0.29, 0.717) is 22.9 Å². The third kappa shape index (κ3) is 5.99. The van der Waals surface area contributed by atoms with Gasteiger partial charge in [-0.15, -0.1) is 6.58 Å². The molecular formula is C30H38Cl2N2O3S. The third-order valence-electron chi connectivity index (χ3n) is 8.00. The highest BCUT2D eigenvalue weighted by atomic mass is 35.5. The molecule has 1 aliphatic heterocycles. The number of carbonyl (C=O) groups excluding carboxylic acids is 1. The average Bonchev–Trinajstić information content (AvgIpc) is 3.67. The first-order valence-electron chi connectivity index (χ1n) is 13.2. The molecule has 0 spiro atoms. The molecule has 8 heteroatoms. The molecule has 1 amide bonds. The summed E-state index contributed by atoms with van der Waals surface area (Å²) in [6.07, 6.45) is 4.87. The standard InChI is InChI=1S/C30H38Cl2N2O3S/c1-6-16-30(5)18-25(22-8-7-9-24(32)17-22)27(21-12-14-23(31)15-13-21)34(28(30)35)26(20-10-11-20)19-33-38(36,37)29(2,3)4/h6-9,12-15,17,20,25-27,33H,1,10-11,16,18-19H2,2-5H3. The van der Waals surface area contributed by atoms with E-state index < -0.39 is 20.2 Å². The highest BCUT2D eigenvalue weighted by Gasteiger charge is 2.53. The minimum Gasteiger partial charge on any atom is -0.330 e. The Hall–Kier alpha value is -1.86. The van der Waals surface area contributed by atoms with E-state index in [1.54, 1.807) is 20.8 Å². The van der Waals surface area contributed by atoms with Crippen LogP contribution < -0.4 is 4.72 Å². The van der Waals surface area contributed by atoms with Crippen LogP contribution in [0.25, 0.3) is 0 Å². The van der Waals surface area contributed by atoms with Gasteiger partial charge in [0.15, 0.2) is 0 Å². The van der Waals surface area contributed by atoms with Crippen molar-refractivity contribution in [3.63, 3.8) is 0 Å². The summed E-state index contributed by atoms with van der Waals surface area (Å²) < 4.78 is 28.0. The number of sulfonamides is 1. The van der Waals surface area contributed by atoms with Gasteiger partial charge < -0.3 is 4.90 Å². The summed E-state index contributed by atoms with van der Waals surface area (Å²) in [6, 6.07) is 14.9. The Kier molecular flexibility index (Phi) is 8.40. The van der Waals surface area contributed by atoms with Crippen LogP contribution in [0.4, 0.5) is 0 Å². The number of allylic oxidation sites excluding steroid dienone is 1. The predicted octanol–water partition coefficient (Wildman–Crippen LogP) is 7.13. The lowest BCUT2D eigenvalue weighted by molar-refractivity contribution is -0.155. The molecule has 5 nitrogen and oxygen atoms in total. The second-order valence-electron chi connectivity index (χ2n) is 12.0. The molecule has 2 fully saturated rings. The number of hydrogen-bond donors (Lipinski definition) is 1. The highest BCUT2D eigenvalue weighted by molar-refractivity contribution is 7.90. The Morgan fingerprint density at radius 1 is 1.11 bits per heavy atom. The van der Waals surface area contributed by atoms with E-state index in [4.69, 9.17) is 23.2 Å². The maximum atomic E-state index is 14.5. The van der Waals surface area contributed by atoms with Gasteiger partial charge in [0.25, 0.3) is 0 Å². The molecule has 0 radical (unpaired) electrons. The van der Waals surface area contributed by atoms with Crippen LogP contribution in [0.1, 0.15) is 76.5 Å². The van der Waals surface area contributed by atoms with Gasteiger partial charge >= 0.3 is 0 Å². The highest BCUT2D eigenvalue weighted by Crippen LogP contribution is 2.54. The molecule has 1 saturated carbocycles. The van der Waals surface area contributed by atoms with Gasteiger partial charge in [-0.2, -0.15) is 0 Å². The van der Waals surface area contributed by atoms with Crippen LogP contribution in [0.15, 0.2) is 61.2 Å². The van der Waals surface area contributed by atoms with Gasteiger partial charge in [-0.1, -0.05) is 60.5 Å². The molecule has 4 unspecified atom stereocenters. The molecule has 206 valence electrons. The lowest BCUT2D eigenvalue weighted by Crippen LogP contribution is -2.59. The van der Waals surface area contributed by atoms with Gasteiger partial charge in [-0.05, 0) is 87.8 Å². The largest absolute Gasteiger partial charge is 0.330 e. The zero-order chi connectivity index (χ0) is 27.9. The average molecular weight is 578 g/mol. The van der Waals surface area contributed by atoms with Crippen LogP contribution >= 0.6 is 23.2 Å². The fraction of sp³-hybridized carbons (Fsp3) is 0.500. The van der Waals surface area contributed by atoms with E-state index >= 15 is 0 Å². The van der Waals surface area contributed by atoms with Crippen LogP contribution in [0, 0.1) is 11.3 Å². The van der Waals surface area contributed by atoms with Crippen LogP contribution in [0.5, 0.6) is 0 Å². The number of nitrogens with zero attached hydrogens (tertiary/aromatic N) is 1. The third-order valence-corrected chi connectivity index (χ3v) is 10.6. The Labute approximate surface area is 237 Å². The quantitative estimate of drug-likeness (QED) is 0.323. The van der Waals surface area contributed by atoms with Gasteiger partial charge in [-0.3, -0.25) is 4.79 Å². The van der Waals surface area contributed by atoms with E-state index in [1.807, 2.05) is 60.4 Å². The normalized spacial score (nSPS) is 25.3. The number of benzene rings is 2. The molecule has 2 aromatic rings. The summed E-state index contributed by atoms with van der Waals surface area (Å²) in [4.78, 5) is 16.5. The van der Waals surface area contributed by atoms with Crippen LogP contribution in [-0.4, -0.2) is 36.6 Å². The lowest BCUT2D eigenvalue weighted by atomic mass is 9.67. The molecule has 2 aromatic carbocycles. The molecule has 4 atom stereocenters. The maximum Gasteiger partial charge on any atom is 0.229 e. The Morgan fingerprint density at radius 2 is 1.76 bits per heavy atom. The van der Waals surface area contributed by atoms with Gasteiger partial charge in [-0.25, -0.2) is 13.1 Å². The molecular weight excluding hydrogens is 539 g/mol. The minimum atomic E-state index is -3.59. The number of halogens is 2. The SMILES string of the molecule is C=CCC1(C)CC(c2cccc(Cl)c2)C(c2ccc(Cl)cc2)N(C(CNS(=O)(=O)C(C)(C)C)C2CC2)C1=O. The number of rotatable bonds is 9. The van der Waals surface area contributed by atoms with Gasteiger partial charge in [0.05, 0.1) is 16.2 Å². The van der Waals surface area contributed by atoms with Crippen molar-refractivity contribution in [2.45, 2.75) is 76.1 Å². The van der Waals surface area contributed by atoms with Crippen molar-refractivity contribution >= 4 is 39.1 Å². The number of likely N-dealkylation sites (tertiary alicyclic amines) is 1. The molecule has 1 saturated heterocycles. The van der Waals surface area contributed by atoms with Crippen LogP contribution in [-0.2, 0) is 14.8 Å². The molecule has 4 rings (SSSR count). The van der Waals surface area contributed by atoms with Gasteiger partial charge in [0, 0.05) is 28.5 Å². The van der Waals surface area contributed by atoms with Crippen molar-refractivity contribution in [3.05, 3.63) is 82.4 Å². The summed E-state index contributed by atoms with van der Waals surface area (Å²) in [5.41, 5.74) is 1.33. The Morgan fingerprint density at radius 3 is 2.32 bits per heavy atom. The van der Waals surface area contributed by atoms with E-state index in [0.717, 1.165) is 24.0 Å². The lowest BCUT2D eigenvalue weighted by Gasteiger charge is -2.52. The zero-order valence-corrected chi connectivity index (χ0v) is 24.9. The number of piperidine rings is 1. The molecule has 1 aliphatic carbocycles. The molecule has 1 heterocycles. The van der Waals surface area contributed by atoms with Gasteiger partial charge in [0.1, 0.15) is 0 Å². The van der Waals surface area contributed by atoms with E-state index in [1.165, 1.54) is 0 Å². The first kappa shape index (κ1) is 29.1. The first-order valence-corrected chi connectivity index (χ1v) is 15.4. The maximum absolute atomic E-state index is 14.5. The predicted molar refractivity (Wildman–Crippen MR) is 156 cm³/mol. The van der Waals surface area contributed by atoms with Crippen molar-refractivity contribution in [1.29, 1.82) is 0 Å². The monoisotopic (exact) mass is 576 g/mol. The molecule has 1 N–H and O–H groups in total. The summed E-state index contributed by atoms with van der Waals surface area (Å²) in [5.74, 6) is 0.197. The topological polar surface area (TPSA) is 66.5 Å². The molecule has 0 bridgehead atoms.